The van der Waals surface area contributed by atoms with E-state index >= 15 is 0 Å². The Morgan fingerprint density at radius 2 is 2.18 bits per heavy atom. The summed E-state index contributed by atoms with van der Waals surface area (Å²) in [6.07, 6.45) is 3.30. The Hall–Kier alpha value is -2.61. The molecule has 0 spiro atoms. The number of hydrogen-bond acceptors (Lipinski definition) is 4. The number of carbonyl (C=O) groups is 1. The van der Waals surface area contributed by atoms with E-state index in [1.807, 2.05) is 0 Å². The Balaban J connectivity index is 2.16. The van der Waals surface area contributed by atoms with E-state index in [4.69, 9.17) is 4.74 Å². The Morgan fingerprint density at radius 3 is 2.86 bits per heavy atom. The van der Waals surface area contributed by atoms with Crippen molar-refractivity contribution in [1.82, 2.24) is 4.98 Å². The van der Waals surface area contributed by atoms with Gasteiger partial charge in [0, 0.05) is 23.9 Å². The number of aromatic amines is 1. The van der Waals surface area contributed by atoms with Crippen LogP contribution in [-0.4, -0.2) is 22.9 Å². The van der Waals surface area contributed by atoms with Gasteiger partial charge in [0.25, 0.3) is 11.6 Å². The zero-order valence-corrected chi connectivity index (χ0v) is 13.0. The highest BCUT2D eigenvalue weighted by molar-refractivity contribution is 9.10. The molecule has 3 rings (SSSR count). The van der Waals surface area contributed by atoms with E-state index in [1.54, 1.807) is 18.3 Å². The predicted octanol–water partition coefficient (Wildman–Crippen LogP) is 3.13. The lowest BCUT2D eigenvalue weighted by atomic mass is 10.1. The van der Waals surface area contributed by atoms with Crippen LogP contribution < -0.4 is 8.66 Å². The maximum atomic E-state index is 12.4. The number of carbonyl (C=O) groups excluding carboxylic acids is 1. The molecule has 1 aliphatic heterocycles. The number of nitrogens with zero attached hydrogens (tertiary/aromatic N) is 2. The van der Waals surface area contributed by atoms with Crippen molar-refractivity contribution in [3.05, 3.63) is 51.8 Å². The smallest absolute Gasteiger partial charge is 0.270 e. The first kappa shape index (κ1) is 14.3. The first-order valence-electron chi connectivity index (χ1n) is 6.25. The molecule has 0 saturated heterocycles. The van der Waals surface area contributed by atoms with Crippen molar-refractivity contribution in [2.24, 2.45) is 0 Å². The Morgan fingerprint density at radius 1 is 1.41 bits per heavy atom. The molecule has 1 aromatic carbocycles. The molecular weight excluding hydrogens is 354 g/mol. The van der Waals surface area contributed by atoms with Crippen LogP contribution in [0, 0.1) is 10.1 Å². The second kappa shape index (κ2) is 5.30. The molecule has 0 atom stereocenters. The number of nitrogens with one attached hydrogen (secondary N) is 1. The zero-order chi connectivity index (χ0) is 15.9. The molecule has 0 unspecified atom stereocenters. The number of methoxy groups -OCH3 is 1. The predicted molar refractivity (Wildman–Crippen MR) is 84.7 cm³/mol. The Labute approximate surface area is 133 Å². The number of ether oxygens (including phenoxy) is 1. The molecule has 0 saturated carbocycles. The average molecular weight is 364 g/mol. The van der Waals surface area contributed by atoms with Crippen LogP contribution >= 0.6 is 16.1 Å². The number of aromatic nitrogens is 1. The van der Waals surface area contributed by atoms with Crippen molar-refractivity contribution in [3.63, 3.8) is 0 Å². The third kappa shape index (κ3) is 2.17. The van der Waals surface area contributed by atoms with Crippen LogP contribution in [0.15, 0.2) is 30.5 Å². The summed E-state index contributed by atoms with van der Waals surface area (Å²) in [5, 5.41) is 10.9. The molecule has 1 aliphatic rings. The molecule has 1 N–H and O–H groups in total. The van der Waals surface area contributed by atoms with Gasteiger partial charge in [0.2, 0.25) is 0 Å². The quantitative estimate of drug-likeness (QED) is 0.392. The topological polar surface area (TPSA) is 88.5 Å². The van der Waals surface area contributed by atoms with Crippen LogP contribution in [0.2, 0.25) is 0 Å². The van der Waals surface area contributed by atoms with Gasteiger partial charge >= 0.3 is 0 Å². The zero-order valence-electron chi connectivity index (χ0n) is 11.4. The van der Waals surface area contributed by atoms with Crippen LogP contribution in [0.25, 0.3) is 11.6 Å². The molecule has 1 amide bonds. The molecule has 0 aliphatic carbocycles. The molecule has 112 valence electrons. The third-order valence-corrected chi connectivity index (χ3v) is 4.05. The van der Waals surface area contributed by atoms with E-state index in [-0.39, 0.29) is 11.6 Å². The average Bonchev–Trinajstić information content (AvgIpc) is 3.05. The summed E-state index contributed by atoms with van der Waals surface area (Å²) in [7, 11) is 1.53. The summed E-state index contributed by atoms with van der Waals surface area (Å²) in [6, 6.07) is 6.01. The molecule has 7 nitrogen and oxygen atoms in total. The molecule has 0 radical (unpaired) electrons. The van der Waals surface area contributed by atoms with Crippen LogP contribution in [0.4, 0.5) is 11.4 Å². The second-order valence-corrected chi connectivity index (χ2v) is 5.27. The minimum absolute atomic E-state index is 0.0706. The standard InChI is InChI=1S/C14H10BrN3O4/c1-22-13-4-5-16-11(13)7-10-9-6-8(18(20)21)2-3-12(9)17(15)14(10)19/h2-7,16H,1H3. The van der Waals surface area contributed by atoms with Gasteiger partial charge in [0.05, 0.1) is 45.1 Å². The van der Waals surface area contributed by atoms with Crippen LogP contribution in [-0.2, 0) is 4.79 Å². The van der Waals surface area contributed by atoms with Gasteiger partial charge in [-0.15, -0.1) is 0 Å². The van der Waals surface area contributed by atoms with Crippen molar-refractivity contribution in [3.8, 4) is 5.75 Å². The van der Waals surface area contributed by atoms with Crippen LogP contribution in [0.5, 0.6) is 5.75 Å². The lowest BCUT2D eigenvalue weighted by molar-refractivity contribution is -0.384. The van der Waals surface area contributed by atoms with E-state index in [0.29, 0.717) is 28.3 Å². The van der Waals surface area contributed by atoms with Gasteiger partial charge < -0.3 is 9.72 Å². The number of nitro benzene ring substituents is 1. The van der Waals surface area contributed by atoms with Crippen molar-refractivity contribution in [1.29, 1.82) is 0 Å². The van der Waals surface area contributed by atoms with E-state index in [9.17, 15) is 14.9 Å². The summed E-state index contributed by atoms with van der Waals surface area (Å²) in [6.45, 7) is 0. The fourth-order valence-electron chi connectivity index (χ4n) is 2.30. The number of nitro groups is 1. The largest absolute Gasteiger partial charge is 0.495 e. The highest BCUT2D eigenvalue weighted by Gasteiger charge is 2.33. The summed E-state index contributed by atoms with van der Waals surface area (Å²) in [4.78, 5) is 25.8. The Bertz CT molecular complexity index is 812. The van der Waals surface area contributed by atoms with Gasteiger partial charge in [-0.3, -0.25) is 14.9 Å². The summed E-state index contributed by atoms with van der Waals surface area (Å²) in [5.74, 6) is 0.285. The van der Waals surface area contributed by atoms with Gasteiger partial charge in [-0.05, 0) is 18.2 Å². The van der Waals surface area contributed by atoms with Crippen molar-refractivity contribution in [2.75, 3.05) is 11.0 Å². The number of amides is 1. The number of anilines is 1. The summed E-state index contributed by atoms with van der Waals surface area (Å²) >= 11 is 3.18. The number of H-pyrrole nitrogens is 1. The third-order valence-electron chi connectivity index (χ3n) is 3.35. The molecule has 22 heavy (non-hydrogen) atoms. The molecule has 2 aromatic rings. The van der Waals surface area contributed by atoms with Gasteiger partial charge in [0.1, 0.15) is 5.75 Å². The highest BCUT2D eigenvalue weighted by Crippen LogP contribution is 2.41. The van der Waals surface area contributed by atoms with Crippen LogP contribution in [0.1, 0.15) is 11.3 Å². The Kier molecular flexibility index (Phi) is 3.45. The minimum atomic E-state index is -0.492. The van der Waals surface area contributed by atoms with Crippen molar-refractivity contribution >= 4 is 45.1 Å². The van der Waals surface area contributed by atoms with Gasteiger partial charge in [0.15, 0.2) is 0 Å². The number of halogens is 1. The lowest BCUT2D eigenvalue weighted by Gasteiger charge is -2.04. The SMILES string of the molecule is COc1cc[nH]c1C=C1C(=O)N(Br)c2ccc([N+](=O)[O-])cc21. The van der Waals surface area contributed by atoms with Crippen LogP contribution in [0.3, 0.4) is 0 Å². The van der Waals surface area contributed by atoms with Crippen molar-refractivity contribution < 1.29 is 14.5 Å². The van der Waals surface area contributed by atoms with E-state index < -0.39 is 4.92 Å². The number of fused-ring (bicyclic) bond motifs is 1. The highest BCUT2D eigenvalue weighted by atomic mass is 79.9. The van der Waals surface area contributed by atoms with Gasteiger partial charge in [-0.25, -0.2) is 3.93 Å². The first-order chi connectivity index (χ1) is 10.5. The van der Waals surface area contributed by atoms with E-state index in [1.165, 1.54) is 29.2 Å². The van der Waals surface area contributed by atoms with Gasteiger partial charge in [-0.2, -0.15) is 0 Å². The monoisotopic (exact) mass is 363 g/mol. The minimum Gasteiger partial charge on any atom is -0.495 e. The molecule has 2 heterocycles. The first-order valence-corrected chi connectivity index (χ1v) is 6.96. The molecule has 1 aromatic heterocycles. The second-order valence-electron chi connectivity index (χ2n) is 4.56. The number of non-ortho nitro benzene ring substituents is 1. The maximum absolute atomic E-state index is 12.4. The van der Waals surface area contributed by atoms with Gasteiger partial charge in [-0.1, -0.05) is 0 Å². The fourth-order valence-corrected chi connectivity index (χ4v) is 2.80. The van der Waals surface area contributed by atoms with Crippen molar-refractivity contribution in [2.45, 2.75) is 0 Å². The molecule has 8 heteroatoms. The number of benzene rings is 1. The fraction of sp³-hybridized carbons (Fsp3) is 0.0714. The number of rotatable bonds is 3. The van der Waals surface area contributed by atoms with E-state index in [2.05, 4.69) is 21.1 Å². The molecule has 0 bridgehead atoms. The molecular formula is C14H10BrN3O4. The molecule has 0 fully saturated rings. The van der Waals surface area contributed by atoms with E-state index in [0.717, 1.165) is 0 Å². The number of hydrogen-bond donors (Lipinski definition) is 1. The maximum Gasteiger partial charge on any atom is 0.270 e. The lowest BCUT2D eigenvalue weighted by Crippen LogP contribution is -2.13. The summed E-state index contributed by atoms with van der Waals surface area (Å²) < 4.78 is 6.47. The normalized spacial score (nSPS) is 15.3. The summed E-state index contributed by atoms with van der Waals surface area (Å²) in [5.41, 5.74) is 1.95.